The van der Waals surface area contributed by atoms with Gasteiger partial charge in [-0.2, -0.15) is 0 Å². The number of hydrogen-bond acceptors (Lipinski definition) is 2. The van der Waals surface area contributed by atoms with E-state index in [4.69, 9.17) is 4.74 Å². The predicted octanol–water partition coefficient (Wildman–Crippen LogP) is 1.86. The third-order valence-electron chi connectivity index (χ3n) is 2.94. The van der Waals surface area contributed by atoms with Crippen LogP contribution in [-0.2, 0) is 4.74 Å². The van der Waals surface area contributed by atoms with E-state index in [2.05, 4.69) is 17.5 Å². The quantitative estimate of drug-likeness (QED) is 0.671. The second-order valence-corrected chi connectivity index (χ2v) is 4.01. The molecule has 0 aromatic heterocycles. The molecule has 2 aliphatic rings. The molecule has 0 radical (unpaired) electrons. The van der Waals surface area contributed by atoms with Crippen LogP contribution in [0.3, 0.4) is 0 Å². The first-order valence-electron chi connectivity index (χ1n) is 5.47. The van der Waals surface area contributed by atoms with E-state index < -0.39 is 0 Å². The van der Waals surface area contributed by atoms with E-state index in [9.17, 15) is 0 Å². The highest BCUT2D eigenvalue weighted by Gasteiger charge is 2.16. The Bertz CT molecular complexity index is 173. The zero-order valence-corrected chi connectivity index (χ0v) is 8.17. The highest BCUT2D eigenvalue weighted by molar-refractivity contribution is 5.01. The average Bonchev–Trinajstić information content (AvgIpc) is 2.69. The van der Waals surface area contributed by atoms with Crippen molar-refractivity contribution in [3.8, 4) is 0 Å². The van der Waals surface area contributed by atoms with Gasteiger partial charge in [-0.05, 0) is 32.1 Å². The predicted molar refractivity (Wildman–Crippen MR) is 53.8 cm³/mol. The molecular weight excluding hydrogens is 162 g/mol. The van der Waals surface area contributed by atoms with E-state index in [0.29, 0.717) is 12.1 Å². The molecule has 74 valence electrons. The molecule has 2 aliphatic heterocycles. The molecule has 1 saturated heterocycles. The topological polar surface area (TPSA) is 21.3 Å². The average molecular weight is 181 g/mol. The molecule has 0 aliphatic carbocycles. The maximum Gasteiger partial charge on any atom is 0.0575 e. The first kappa shape index (κ1) is 9.22. The second kappa shape index (κ2) is 4.77. The van der Waals surface area contributed by atoms with Crippen LogP contribution in [0.1, 0.15) is 32.1 Å². The minimum absolute atomic E-state index is 0.546. The molecule has 2 heteroatoms. The first-order chi connectivity index (χ1) is 6.45. The lowest BCUT2D eigenvalue weighted by atomic mass is 10.0. The molecule has 0 aromatic carbocycles. The second-order valence-electron chi connectivity index (χ2n) is 4.01. The van der Waals surface area contributed by atoms with Crippen molar-refractivity contribution in [2.24, 2.45) is 0 Å². The van der Waals surface area contributed by atoms with E-state index >= 15 is 0 Å². The molecule has 13 heavy (non-hydrogen) atoms. The van der Waals surface area contributed by atoms with Crippen molar-refractivity contribution in [2.45, 2.75) is 44.2 Å². The van der Waals surface area contributed by atoms with Gasteiger partial charge in [-0.1, -0.05) is 12.2 Å². The van der Waals surface area contributed by atoms with Crippen LogP contribution in [0.25, 0.3) is 0 Å². The monoisotopic (exact) mass is 181 g/mol. The van der Waals surface area contributed by atoms with Crippen LogP contribution in [0.4, 0.5) is 0 Å². The Morgan fingerprint density at radius 1 is 1.31 bits per heavy atom. The van der Waals surface area contributed by atoms with Gasteiger partial charge in [-0.25, -0.2) is 0 Å². The fraction of sp³-hybridized carbons (Fsp3) is 0.818. The molecule has 1 fully saturated rings. The molecule has 0 bridgehead atoms. The maximum atomic E-state index is 5.69. The summed E-state index contributed by atoms with van der Waals surface area (Å²) in [6.07, 6.45) is 11.4. The fourth-order valence-electron chi connectivity index (χ4n) is 2.12. The summed E-state index contributed by atoms with van der Waals surface area (Å²) >= 11 is 0. The Morgan fingerprint density at radius 3 is 3.00 bits per heavy atom. The van der Waals surface area contributed by atoms with Gasteiger partial charge < -0.3 is 10.1 Å². The smallest absolute Gasteiger partial charge is 0.0575 e. The van der Waals surface area contributed by atoms with Gasteiger partial charge in [0.2, 0.25) is 0 Å². The number of ether oxygens (including phenoxy) is 1. The summed E-state index contributed by atoms with van der Waals surface area (Å²) in [6.45, 7) is 2.04. The Morgan fingerprint density at radius 2 is 2.31 bits per heavy atom. The maximum absolute atomic E-state index is 5.69. The minimum atomic E-state index is 0.546. The SMILES string of the molecule is C1=CC(CCC2CCCCO2)NC1. The van der Waals surface area contributed by atoms with Crippen molar-refractivity contribution >= 4 is 0 Å². The Balaban J connectivity index is 1.63. The van der Waals surface area contributed by atoms with Crippen molar-refractivity contribution < 1.29 is 4.74 Å². The molecule has 0 saturated carbocycles. The molecule has 0 amide bonds. The fourth-order valence-corrected chi connectivity index (χ4v) is 2.12. The summed E-state index contributed by atoms with van der Waals surface area (Å²) < 4.78 is 5.69. The lowest BCUT2D eigenvalue weighted by Gasteiger charge is -2.23. The van der Waals surface area contributed by atoms with Crippen molar-refractivity contribution in [3.63, 3.8) is 0 Å². The van der Waals surface area contributed by atoms with Gasteiger partial charge in [0.25, 0.3) is 0 Å². The number of nitrogens with one attached hydrogen (secondary N) is 1. The molecule has 2 unspecified atom stereocenters. The number of hydrogen-bond donors (Lipinski definition) is 1. The Kier molecular flexibility index (Phi) is 3.39. The van der Waals surface area contributed by atoms with Gasteiger partial charge >= 0.3 is 0 Å². The van der Waals surface area contributed by atoms with Crippen LogP contribution >= 0.6 is 0 Å². The zero-order valence-electron chi connectivity index (χ0n) is 8.17. The van der Waals surface area contributed by atoms with Gasteiger partial charge in [0.15, 0.2) is 0 Å². The Hall–Kier alpha value is -0.340. The van der Waals surface area contributed by atoms with Crippen LogP contribution in [0.2, 0.25) is 0 Å². The minimum Gasteiger partial charge on any atom is -0.378 e. The third-order valence-corrected chi connectivity index (χ3v) is 2.94. The summed E-state index contributed by atoms with van der Waals surface area (Å²) in [5.41, 5.74) is 0. The van der Waals surface area contributed by atoms with Crippen molar-refractivity contribution in [3.05, 3.63) is 12.2 Å². The molecule has 0 aromatic rings. The van der Waals surface area contributed by atoms with Crippen molar-refractivity contribution in [2.75, 3.05) is 13.2 Å². The lowest BCUT2D eigenvalue weighted by molar-refractivity contribution is 0.00940. The first-order valence-corrected chi connectivity index (χ1v) is 5.47. The summed E-state index contributed by atoms with van der Waals surface area (Å²) in [6, 6.07) is 0.616. The van der Waals surface area contributed by atoms with Crippen LogP contribution in [0.5, 0.6) is 0 Å². The van der Waals surface area contributed by atoms with Crippen LogP contribution in [0, 0.1) is 0 Å². The zero-order chi connectivity index (χ0) is 8.93. The van der Waals surface area contributed by atoms with Gasteiger partial charge in [0.1, 0.15) is 0 Å². The largest absolute Gasteiger partial charge is 0.378 e. The van der Waals surface area contributed by atoms with Crippen LogP contribution < -0.4 is 5.32 Å². The highest BCUT2D eigenvalue weighted by Crippen LogP contribution is 2.18. The van der Waals surface area contributed by atoms with Gasteiger partial charge in [0, 0.05) is 19.2 Å². The third kappa shape index (κ3) is 2.82. The van der Waals surface area contributed by atoms with E-state index in [1.807, 2.05) is 0 Å². The van der Waals surface area contributed by atoms with E-state index in [1.165, 1.54) is 32.1 Å². The Labute approximate surface area is 80.4 Å². The molecular formula is C11H19NO. The van der Waals surface area contributed by atoms with Crippen LogP contribution in [-0.4, -0.2) is 25.3 Å². The number of rotatable bonds is 3. The van der Waals surface area contributed by atoms with E-state index in [-0.39, 0.29) is 0 Å². The van der Waals surface area contributed by atoms with Gasteiger partial charge in [-0.15, -0.1) is 0 Å². The van der Waals surface area contributed by atoms with E-state index in [0.717, 1.165) is 13.2 Å². The van der Waals surface area contributed by atoms with E-state index in [1.54, 1.807) is 0 Å². The summed E-state index contributed by atoms with van der Waals surface area (Å²) in [5.74, 6) is 0. The molecule has 0 spiro atoms. The molecule has 2 nitrogen and oxygen atoms in total. The highest BCUT2D eigenvalue weighted by atomic mass is 16.5. The molecule has 2 heterocycles. The van der Waals surface area contributed by atoms with Gasteiger partial charge in [0.05, 0.1) is 6.10 Å². The summed E-state index contributed by atoms with van der Waals surface area (Å²) in [7, 11) is 0. The molecule has 1 N–H and O–H groups in total. The summed E-state index contributed by atoms with van der Waals surface area (Å²) in [4.78, 5) is 0. The molecule has 2 atom stereocenters. The van der Waals surface area contributed by atoms with Gasteiger partial charge in [-0.3, -0.25) is 0 Å². The van der Waals surface area contributed by atoms with Crippen molar-refractivity contribution in [1.29, 1.82) is 0 Å². The van der Waals surface area contributed by atoms with Crippen LogP contribution in [0.15, 0.2) is 12.2 Å². The summed E-state index contributed by atoms with van der Waals surface area (Å²) in [5, 5.41) is 3.43. The molecule has 2 rings (SSSR count). The normalized spacial score (nSPS) is 33.8. The lowest BCUT2D eigenvalue weighted by Crippen LogP contribution is -2.26. The van der Waals surface area contributed by atoms with Crippen molar-refractivity contribution in [1.82, 2.24) is 5.32 Å². The standard InChI is InChI=1S/C11H19NO/c1-2-9-13-11(5-1)7-6-10-4-3-8-12-10/h3-4,10-12H,1-2,5-9H2.